The van der Waals surface area contributed by atoms with Crippen LogP contribution in [-0.4, -0.2) is 55.2 Å². The summed E-state index contributed by atoms with van der Waals surface area (Å²) in [5.41, 5.74) is -0.0699. The quantitative estimate of drug-likeness (QED) is 0.223. The van der Waals surface area contributed by atoms with E-state index in [0.29, 0.717) is 6.54 Å². The summed E-state index contributed by atoms with van der Waals surface area (Å²) in [7, 11) is 0. The molecule has 1 saturated heterocycles. The Hall–Kier alpha value is -0.860. The fourth-order valence-electron chi connectivity index (χ4n) is 3.14. The summed E-state index contributed by atoms with van der Waals surface area (Å²) in [4.78, 5) is 7.12. The Balaban J connectivity index is 0.00000338. The Morgan fingerprint density at radius 1 is 1.15 bits per heavy atom. The molecule has 2 rings (SSSR count). The third-order valence-electron chi connectivity index (χ3n) is 4.68. The summed E-state index contributed by atoms with van der Waals surface area (Å²) in [5.74, 6) is 0.778. The topological polar surface area (TPSA) is 59.9 Å². The fraction of sp³-hybridized carbons (Fsp3) is 0.650. The number of aliphatic imine (C=N–C) groups is 1. The summed E-state index contributed by atoms with van der Waals surface area (Å²) in [5, 5.41) is 17.3. The van der Waals surface area contributed by atoms with Gasteiger partial charge in [-0.05, 0) is 64.7 Å². The number of guanidine groups is 1. The molecule has 3 N–H and O–H groups in total. The molecule has 0 amide bonds. The number of rotatable bonds is 9. The van der Waals surface area contributed by atoms with Crippen LogP contribution < -0.4 is 10.6 Å². The third kappa shape index (κ3) is 8.22. The number of hydrogen-bond acceptors (Lipinski definition) is 3. The van der Waals surface area contributed by atoms with Crippen LogP contribution in [0.3, 0.4) is 0 Å². The predicted molar refractivity (Wildman–Crippen MR) is 120 cm³/mol. The lowest BCUT2D eigenvalue weighted by molar-refractivity contribution is 0.0672. The smallest absolute Gasteiger partial charge is 0.191 e. The average Bonchev–Trinajstić information content (AvgIpc) is 3.13. The standard InChI is InChI=1S/C20H34N4O.HI/c1-3-21-19(22-13-7-8-14-24-15-9-10-16-24)23-17-20(2,25)18-11-5-4-6-12-18;/h4-6,11-12,25H,3,7-10,13-17H2,1-2H3,(H2,21,22,23);1H. The van der Waals surface area contributed by atoms with Crippen LogP contribution in [0.2, 0.25) is 0 Å². The second-order valence-corrected chi connectivity index (χ2v) is 7.02. The normalized spacial score (nSPS) is 17.4. The molecule has 1 aliphatic rings. The van der Waals surface area contributed by atoms with E-state index in [-0.39, 0.29) is 24.0 Å². The van der Waals surface area contributed by atoms with E-state index in [1.807, 2.05) is 37.3 Å². The van der Waals surface area contributed by atoms with Crippen LogP contribution in [0.25, 0.3) is 0 Å². The van der Waals surface area contributed by atoms with Crippen LogP contribution >= 0.6 is 24.0 Å². The minimum atomic E-state index is -0.959. The zero-order valence-electron chi connectivity index (χ0n) is 16.2. The maximum atomic E-state index is 10.7. The highest BCUT2D eigenvalue weighted by Gasteiger charge is 2.22. The van der Waals surface area contributed by atoms with Gasteiger partial charge in [-0.1, -0.05) is 30.3 Å². The van der Waals surface area contributed by atoms with E-state index in [4.69, 9.17) is 0 Å². The van der Waals surface area contributed by atoms with Crippen molar-refractivity contribution >= 4 is 29.9 Å². The molecule has 0 radical (unpaired) electrons. The molecule has 6 heteroatoms. The Labute approximate surface area is 175 Å². The van der Waals surface area contributed by atoms with Crippen molar-refractivity contribution in [3.05, 3.63) is 35.9 Å². The average molecular weight is 474 g/mol. The number of benzene rings is 1. The van der Waals surface area contributed by atoms with Gasteiger partial charge in [0.2, 0.25) is 0 Å². The molecule has 0 bridgehead atoms. The van der Waals surface area contributed by atoms with Crippen LogP contribution in [0.5, 0.6) is 0 Å². The highest BCUT2D eigenvalue weighted by molar-refractivity contribution is 14.0. The largest absolute Gasteiger partial charge is 0.384 e. The van der Waals surface area contributed by atoms with Gasteiger partial charge in [0.1, 0.15) is 5.60 Å². The van der Waals surface area contributed by atoms with Gasteiger partial charge in [-0.3, -0.25) is 0 Å². The van der Waals surface area contributed by atoms with Gasteiger partial charge in [0.05, 0.1) is 6.54 Å². The number of unbranched alkanes of at least 4 members (excludes halogenated alkanes) is 1. The molecule has 1 unspecified atom stereocenters. The van der Waals surface area contributed by atoms with Gasteiger partial charge in [-0.2, -0.15) is 0 Å². The van der Waals surface area contributed by atoms with Crippen LogP contribution in [0.4, 0.5) is 0 Å². The van der Waals surface area contributed by atoms with Crippen molar-refractivity contribution in [2.24, 2.45) is 4.99 Å². The number of aliphatic hydroxyl groups is 1. The zero-order chi connectivity index (χ0) is 18.0. The number of hydrogen-bond donors (Lipinski definition) is 3. The Morgan fingerprint density at radius 2 is 1.85 bits per heavy atom. The van der Waals surface area contributed by atoms with Crippen molar-refractivity contribution in [1.82, 2.24) is 15.5 Å². The van der Waals surface area contributed by atoms with E-state index in [2.05, 4.69) is 27.4 Å². The Morgan fingerprint density at radius 3 is 2.50 bits per heavy atom. The highest BCUT2D eigenvalue weighted by atomic mass is 127. The molecule has 1 aromatic rings. The molecule has 0 aliphatic carbocycles. The van der Waals surface area contributed by atoms with Crippen LogP contribution in [0.15, 0.2) is 35.3 Å². The molecular weight excluding hydrogens is 439 g/mol. The molecule has 1 fully saturated rings. The van der Waals surface area contributed by atoms with Crippen molar-refractivity contribution in [2.45, 2.75) is 45.1 Å². The van der Waals surface area contributed by atoms with Gasteiger partial charge in [0.25, 0.3) is 0 Å². The monoisotopic (exact) mass is 474 g/mol. The van der Waals surface area contributed by atoms with E-state index in [9.17, 15) is 5.11 Å². The first kappa shape index (κ1) is 23.2. The van der Waals surface area contributed by atoms with E-state index < -0.39 is 5.60 Å². The second kappa shape index (κ2) is 12.5. The van der Waals surface area contributed by atoms with E-state index in [0.717, 1.165) is 31.0 Å². The fourth-order valence-corrected chi connectivity index (χ4v) is 3.14. The Kier molecular flexibility index (Phi) is 11.2. The summed E-state index contributed by atoms with van der Waals surface area (Å²) in [6.07, 6.45) is 5.07. The summed E-state index contributed by atoms with van der Waals surface area (Å²) >= 11 is 0. The number of likely N-dealkylation sites (tertiary alicyclic amines) is 1. The lowest BCUT2D eigenvalue weighted by Crippen LogP contribution is -2.39. The van der Waals surface area contributed by atoms with Gasteiger partial charge in [0, 0.05) is 13.1 Å². The maximum absolute atomic E-state index is 10.7. The molecule has 1 atom stereocenters. The van der Waals surface area contributed by atoms with Crippen molar-refractivity contribution in [1.29, 1.82) is 0 Å². The van der Waals surface area contributed by atoms with E-state index in [1.165, 1.54) is 38.9 Å². The zero-order valence-corrected chi connectivity index (χ0v) is 18.5. The lowest BCUT2D eigenvalue weighted by atomic mass is 9.96. The van der Waals surface area contributed by atoms with Gasteiger partial charge in [0.15, 0.2) is 5.96 Å². The van der Waals surface area contributed by atoms with Crippen LogP contribution in [-0.2, 0) is 5.60 Å². The van der Waals surface area contributed by atoms with E-state index in [1.54, 1.807) is 0 Å². The summed E-state index contributed by atoms with van der Waals surface area (Å²) in [6.45, 7) is 9.67. The first-order valence-electron chi connectivity index (χ1n) is 9.64. The number of halogens is 1. The van der Waals surface area contributed by atoms with Gasteiger partial charge in [-0.15, -0.1) is 24.0 Å². The van der Waals surface area contributed by atoms with Crippen molar-refractivity contribution in [3.8, 4) is 0 Å². The molecule has 148 valence electrons. The molecule has 1 heterocycles. The molecule has 0 aromatic heterocycles. The third-order valence-corrected chi connectivity index (χ3v) is 4.68. The second-order valence-electron chi connectivity index (χ2n) is 7.02. The maximum Gasteiger partial charge on any atom is 0.191 e. The molecular formula is C20H35IN4O. The van der Waals surface area contributed by atoms with Gasteiger partial charge >= 0.3 is 0 Å². The van der Waals surface area contributed by atoms with Gasteiger partial charge in [-0.25, -0.2) is 4.99 Å². The molecule has 5 nitrogen and oxygen atoms in total. The summed E-state index contributed by atoms with van der Waals surface area (Å²) in [6, 6.07) is 9.72. The number of nitrogens with zero attached hydrogens (tertiary/aromatic N) is 2. The van der Waals surface area contributed by atoms with Crippen molar-refractivity contribution in [3.63, 3.8) is 0 Å². The highest BCUT2D eigenvalue weighted by Crippen LogP contribution is 2.20. The minimum Gasteiger partial charge on any atom is -0.384 e. The molecule has 0 saturated carbocycles. The molecule has 1 aromatic carbocycles. The lowest BCUT2D eigenvalue weighted by Gasteiger charge is -2.22. The molecule has 0 spiro atoms. The molecule has 1 aliphatic heterocycles. The van der Waals surface area contributed by atoms with Crippen molar-refractivity contribution in [2.75, 3.05) is 39.3 Å². The van der Waals surface area contributed by atoms with Crippen LogP contribution in [0.1, 0.15) is 45.1 Å². The van der Waals surface area contributed by atoms with Gasteiger partial charge < -0.3 is 20.6 Å². The summed E-state index contributed by atoms with van der Waals surface area (Å²) < 4.78 is 0. The SMILES string of the molecule is CCNC(=NCC(C)(O)c1ccccc1)NCCCCN1CCCC1.I. The molecule has 26 heavy (non-hydrogen) atoms. The van der Waals surface area contributed by atoms with Crippen LogP contribution in [0, 0.1) is 0 Å². The minimum absolute atomic E-state index is 0. The predicted octanol–water partition coefficient (Wildman–Crippen LogP) is 2.94. The van der Waals surface area contributed by atoms with Crippen molar-refractivity contribution < 1.29 is 5.11 Å². The number of nitrogens with one attached hydrogen (secondary N) is 2. The first-order valence-corrected chi connectivity index (χ1v) is 9.64. The first-order chi connectivity index (χ1) is 12.1. The Bertz CT molecular complexity index is 516. The van der Waals surface area contributed by atoms with E-state index >= 15 is 0 Å².